The first-order valence-electron chi connectivity index (χ1n) is 13.4. The Morgan fingerprint density at radius 2 is 1.95 bits per heavy atom. The van der Waals surface area contributed by atoms with Gasteiger partial charge in [0.1, 0.15) is 12.2 Å². The molecule has 214 valence electrons. The zero-order chi connectivity index (χ0) is 28.9. The van der Waals surface area contributed by atoms with Gasteiger partial charge in [-0.3, -0.25) is 34.6 Å². The van der Waals surface area contributed by atoms with Crippen molar-refractivity contribution in [3.05, 3.63) is 53.0 Å². The molecule has 3 aliphatic rings. The molecule has 12 heteroatoms. The number of amidine groups is 1. The second-order valence-electron chi connectivity index (χ2n) is 10.5. The standard InChI is InChI=1S/C28H35ClN6O5/c1-4-18-7-8-20(14-19(18)15-22(36)32-27(39)34(2)3)31-23(37)17-35-24(38)16-28(9-12-40-13-10-28)33-26(35)25-21(29)6-5-11-30-25/h5-8,11,14,18-19H,4,9-10,12-13,15-17H2,1-3H3,(H,31,37)(H,32,36,39). The van der Waals surface area contributed by atoms with Crippen LogP contribution < -0.4 is 10.6 Å². The fraction of sp³-hybridized carbons (Fsp3) is 0.500. The van der Waals surface area contributed by atoms with Gasteiger partial charge in [-0.15, -0.1) is 0 Å². The number of ether oxygens (including phenoxy) is 1. The van der Waals surface area contributed by atoms with Crippen molar-refractivity contribution in [3.63, 3.8) is 0 Å². The number of nitrogens with zero attached hydrogens (tertiary/aromatic N) is 4. The Balaban J connectivity index is 1.51. The zero-order valence-electron chi connectivity index (χ0n) is 23.0. The summed E-state index contributed by atoms with van der Waals surface area (Å²) in [6.07, 6.45) is 9.37. The first-order valence-corrected chi connectivity index (χ1v) is 13.8. The summed E-state index contributed by atoms with van der Waals surface area (Å²) in [7, 11) is 3.12. The van der Waals surface area contributed by atoms with Crippen LogP contribution in [0.5, 0.6) is 0 Å². The molecule has 1 saturated heterocycles. The maximum Gasteiger partial charge on any atom is 0.323 e. The lowest BCUT2D eigenvalue weighted by atomic mass is 9.83. The third kappa shape index (κ3) is 6.95. The molecule has 2 aliphatic heterocycles. The summed E-state index contributed by atoms with van der Waals surface area (Å²) in [5.41, 5.74) is 0.257. The van der Waals surface area contributed by atoms with Crippen molar-refractivity contribution in [1.29, 1.82) is 0 Å². The Hall–Kier alpha value is -3.57. The summed E-state index contributed by atoms with van der Waals surface area (Å²) in [6.45, 7) is 2.74. The van der Waals surface area contributed by atoms with Crippen molar-refractivity contribution in [2.45, 2.75) is 44.6 Å². The smallest absolute Gasteiger partial charge is 0.323 e. The van der Waals surface area contributed by atoms with E-state index in [4.69, 9.17) is 21.3 Å². The largest absolute Gasteiger partial charge is 0.381 e. The number of hydrogen-bond acceptors (Lipinski definition) is 7. The van der Waals surface area contributed by atoms with E-state index in [9.17, 15) is 19.2 Å². The number of carbonyl (C=O) groups is 4. The van der Waals surface area contributed by atoms with Crippen LogP contribution in [-0.4, -0.2) is 83.8 Å². The highest BCUT2D eigenvalue weighted by atomic mass is 35.5. The Bertz CT molecular complexity index is 1250. The molecule has 0 aromatic carbocycles. The minimum absolute atomic E-state index is 0.0743. The number of amides is 5. The van der Waals surface area contributed by atoms with Crippen LogP contribution in [0.25, 0.3) is 0 Å². The molecule has 0 saturated carbocycles. The van der Waals surface area contributed by atoms with Gasteiger partial charge in [0.25, 0.3) is 0 Å². The number of hydrogen-bond donors (Lipinski definition) is 2. The van der Waals surface area contributed by atoms with Gasteiger partial charge in [0.15, 0.2) is 5.84 Å². The first-order chi connectivity index (χ1) is 19.1. The molecular weight excluding hydrogens is 536 g/mol. The molecule has 2 N–H and O–H groups in total. The molecule has 11 nitrogen and oxygen atoms in total. The highest BCUT2D eigenvalue weighted by Gasteiger charge is 2.43. The van der Waals surface area contributed by atoms with Crippen LogP contribution in [0.2, 0.25) is 5.02 Å². The lowest BCUT2D eigenvalue weighted by Crippen LogP contribution is -2.53. The molecule has 1 spiro atoms. The molecule has 1 aromatic rings. The number of carbonyl (C=O) groups excluding carboxylic acids is 4. The van der Waals surface area contributed by atoms with Crippen LogP contribution in [0.15, 0.2) is 47.2 Å². The third-order valence-corrected chi connectivity index (χ3v) is 7.68. The maximum atomic E-state index is 13.4. The van der Waals surface area contributed by atoms with Gasteiger partial charge in [0, 0.05) is 45.6 Å². The van der Waals surface area contributed by atoms with E-state index < -0.39 is 23.4 Å². The van der Waals surface area contributed by atoms with Gasteiger partial charge in [0.2, 0.25) is 17.7 Å². The minimum Gasteiger partial charge on any atom is -0.381 e. The van der Waals surface area contributed by atoms with Crippen LogP contribution in [0.3, 0.4) is 0 Å². The molecule has 40 heavy (non-hydrogen) atoms. The highest BCUT2D eigenvalue weighted by molar-refractivity contribution is 6.34. The monoisotopic (exact) mass is 570 g/mol. The van der Waals surface area contributed by atoms with Crippen molar-refractivity contribution in [2.75, 3.05) is 33.9 Å². The number of aromatic nitrogens is 1. The second-order valence-corrected chi connectivity index (χ2v) is 10.9. The van der Waals surface area contributed by atoms with E-state index in [1.165, 1.54) is 9.80 Å². The van der Waals surface area contributed by atoms with Crippen LogP contribution >= 0.6 is 11.6 Å². The maximum absolute atomic E-state index is 13.4. The zero-order valence-corrected chi connectivity index (χ0v) is 23.7. The number of allylic oxidation sites excluding steroid dienone is 3. The quantitative estimate of drug-likeness (QED) is 0.518. The van der Waals surface area contributed by atoms with Gasteiger partial charge in [-0.05, 0) is 49.3 Å². The van der Waals surface area contributed by atoms with E-state index in [2.05, 4.69) is 15.6 Å². The predicted molar refractivity (Wildman–Crippen MR) is 149 cm³/mol. The molecule has 1 aliphatic carbocycles. The summed E-state index contributed by atoms with van der Waals surface area (Å²) in [5, 5.41) is 5.55. The van der Waals surface area contributed by atoms with Crippen molar-refractivity contribution in [2.24, 2.45) is 16.8 Å². The van der Waals surface area contributed by atoms with Gasteiger partial charge < -0.3 is 15.0 Å². The summed E-state index contributed by atoms with van der Waals surface area (Å²) in [6, 6.07) is 2.88. The molecule has 2 atom stereocenters. The minimum atomic E-state index is -0.607. The SMILES string of the molecule is CCC1C=CC(NC(=O)CN2C(=O)CC3(CCOCC3)N=C2c2ncccc2Cl)=CC1CC(=O)NC(=O)N(C)C. The fourth-order valence-electron chi connectivity index (χ4n) is 5.11. The molecule has 0 radical (unpaired) electrons. The Labute approximate surface area is 238 Å². The summed E-state index contributed by atoms with van der Waals surface area (Å²) in [4.78, 5) is 62.9. The molecule has 1 fully saturated rings. The van der Waals surface area contributed by atoms with Gasteiger partial charge in [0.05, 0.1) is 17.0 Å². The summed E-state index contributed by atoms with van der Waals surface area (Å²) >= 11 is 6.44. The Kier molecular flexibility index (Phi) is 9.36. The van der Waals surface area contributed by atoms with E-state index in [0.717, 1.165) is 6.42 Å². The number of nitrogens with one attached hydrogen (secondary N) is 2. The lowest BCUT2D eigenvalue weighted by molar-refractivity contribution is -0.134. The summed E-state index contributed by atoms with van der Waals surface area (Å²) < 4.78 is 5.49. The van der Waals surface area contributed by atoms with Gasteiger partial charge >= 0.3 is 6.03 Å². The van der Waals surface area contributed by atoms with Gasteiger partial charge in [-0.1, -0.05) is 30.7 Å². The van der Waals surface area contributed by atoms with Crippen LogP contribution in [-0.2, 0) is 19.1 Å². The van der Waals surface area contributed by atoms with E-state index in [1.807, 2.05) is 19.1 Å². The van der Waals surface area contributed by atoms with E-state index >= 15 is 0 Å². The van der Waals surface area contributed by atoms with Crippen molar-refractivity contribution >= 4 is 41.2 Å². The van der Waals surface area contributed by atoms with Gasteiger partial charge in [-0.2, -0.15) is 0 Å². The normalized spacial score (nSPS) is 21.9. The number of urea groups is 1. The highest BCUT2D eigenvalue weighted by Crippen LogP contribution is 2.35. The van der Waals surface area contributed by atoms with Crippen molar-refractivity contribution in [1.82, 2.24) is 25.4 Å². The average molecular weight is 571 g/mol. The molecule has 0 bridgehead atoms. The molecule has 4 rings (SSSR count). The molecule has 1 aromatic heterocycles. The van der Waals surface area contributed by atoms with E-state index in [0.29, 0.717) is 42.5 Å². The lowest BCUT2D eigenvalue weighted by Gasteiger charge is -2.40. The van der Waals surface area contributed by atoms with Crippen LogP contribution in [0.1, 0.15) is 44.7 Å². The Morgan fingerprint density at radius 1 is 1.20 bits per heavy atom. The number of imide groups is 1. The molecule has 2 unspecified atom stereocenters. The molecule has 5 amide bonds. The predicted octanol–water partition coefficient (Wildman–Crippen LogP) is 2.66. The number of rotatable bonds is 7. The summed E-state index contributed by atoms with van der Waals surface area (Å²) in [5.74, 6) is -0.914. The number of aliphatic imine (C=N–C) groups is 1. The topological polar surface area (TPSA) is 133 Å². The number of halogens is 1. The first kappa shape index (κ1) is 29.4. The molecule has 3 heterocycles. The molecular formula is C28H35ClN6O5. The van der Waals surface area contributed by atoms with E-state index in [1.54, 1.807) is 38.5 Å². The van der Waals surface area contributed by atoms with Crippen LogP contribution in [0, 0.1) is 11.8 Å². The third-order valence-electron chi connectivity index (χ3n) is 7.37. The van der Waals surface area contributed by atoms with Crippen molar-refractivity contribution in [3.8, 4) is 0 Å². The average Bonchev–Trinajstić information content (AvgIpc) is 2.91. The fourth-order valence-corrected chi connectivity index (χ4v) is 5.31. The van der Waals surface area contributed by atoms with E-state index in [-0.39, 0.29) is 43.0 Å². The van der Waals surface area contributed by atoms with Gasteiger partial charge in [-0.25, -0.2) is 4.79 Å². The van der Waals surface area contributed by atoms with Crippen molar-refractivity contribution < 1.29 is 23.9 Å². The number of pyridine rings is 1. The van der Waals surface area contributed by atoms with Crippen LogP contribution in [0.4, 0.5) is 4.79 Å². The second kappa shape index (κ2) is 12.7. The Morgan fingerprint density at radius 3 is 2.62 bits per heavy atom.